The molecule has 0 aliphatic heterocycles. The van der Waals surface area contributed by atoms with E-state index in [0.29, 0.717) is 5.92 Å². The molecule has 0 spiro atoms. The van der Waals surface area contributed by atoms with Gasteiger partial charge in [-0.05, 0) is 52.4 Å². The van der Waals surface area contributed by atoms with E-state index in [1.54, 1.807) is 7.11 Å². The van der Waals surface area contributed by atoms with E-state index in [9.17, 15) is 5.11 Å². The Morgan fingerprint density at radius 3 is 2.12 bits per heavy atom. The molecule has 0 aromatic heterocycles. The summed E-state index contributed by atoms with van der Waals surface area (Å²) in [6.07, 6.45) is 8.07. The van der Waals surface area contributed by atoms with Gasteiger partial charge < -0.3 is 9.84 Å². The van der Waals surface area contributed by atoms with Crippen molar-refractivity contribution in [3.8, 4) is 0 Å². The lowest BCUT2D eigenvalue weighted by Gasteiger charge is -2.37. The van der Waals surface area contributed by atoms with E-state index in [2.05, 4.69) is 13.8 Å². The van der Waals surface area contributed by atoms with Crippen LogP contribution in [0, 0.1) is 5.92 Å². The Morgan fingerprint density at radius 1 is 1.06 bits per heavy atom. The minimum atomic E-state index is -0.504. The molecular weight excluding hydrogens is 200 g/mol. The molecular formula is C14H28O2. The van der Waals surface area contributed by atoms with E-state index in [4.69, 9.17) is 4.74 Å². The summed E-state index contributed by atoms with van der Waals surface area (Å²) in [7, 11) is 1.75. The summed E-state index contributed by atoms with van der Waals surface area (Å²) in [5.74, 6) is 0.494. The maximum atomic E-state index is 10.5. The summed E-state index contributed by atoms with van der Waals surface area (Å²) in [6.45, 7) is 6.18. The second kappa shape index (κ2) is 5.50. The molecule has 0 bridgehead atoms. The summed E-state index contributed by atoms with van der Waals surface area (Å²) >= 11 is 0. The standard InChI is InChI=1S/C14H28O2/c1-13(2,16-4)10-11-14(3,15)12-8-6-5-7-9-12/h12,15H,5-11H2,1-4H3. The first kappa shape index (κ1) is 14.0. The summed E-state index contributed by atoms with van der Waals surface area (Å²) in [5.41, 5.74) is -0.616. The Hall–Kier alpha value is -0.0800. The normalized spacial score (nSPS) is 23.1. The minimum absolute atomic E-state index is 0.112. The van der Waals surface area contributed by atoms with Crippen molar-refractivity contribution in [2.45, 2.75) is 76.9 Å². The fraction of sp³-hybridized carbons (Fsp3) is 1.00. The molecule has 0 aromatic rings. The van der Waals surface area contributed by atoms with Crippen LogP contribution in [0.4, 0.5) is 0 Å². The van der Waals surface area contributed by atoms with Gasteiger partial charge in [0.05, 0.1) is 11.2 Å². The second-order valence-electron chi connectivity index (χ2n) is 6.16. The number of hydrogen-bond acceptors (Lipinski definition) is 2. The van der Waals surface area contributed by atoms with Crippen molar-refractivity contribution in [1.82, 2.24) is 0 Å². The maximum absolute atomic E-state index is 10.5. The van der Waals surface area contributed by atoms with Gasteiger partial charge in [0.2, 0.25) is 0 Å². The Kier molecular flexibility index (Phi) is 4.81. The lowest BCUT2D eigenvalue weighted by Crippen LogP contribution is -2.38. The van der Waals surface area contributed by atoms with Gasteiger partial charge in [-0.3, -0.25) is 0 Å². The van der Waals surface area contributed by atoms with Crippen LogP contribution >= 0.6 is 0 Å². The first-order chi connectivity index (χ1) is 7.37. The topological polar surface area (TPSA) is 29.5 Å². The molecule has 0 aromatic carbocycles. The van der Waals surface area contributed by atoms with Crippen molar-refractivity contribution in [1.29, 1.82) is 0 Å². The highest BCUT2D eigenvalue weighted by Crippen LogP contribution is 2.36. The highest BCUT2D eigenvalue weighted by Gasteiger charge is 2.34. The fourth-order valence-corrected chi connectivity index (χ4v) is 2.58. The molecule has 16 heavy (non-hydrogen) atoms. The van der Waals surface area contributed by atoms with E-state index in [0.717, 1.165) is 12.8 Å². The van der Waals surface area contributed by atoms with Crippen LogP contribution in [0.25, 0.3) is 0 Å². The Bertz CT molecular complexity index is 203. The van der Waals surface area contributed by atoms with Gasteiger partial charge in [0.1, 0.15) is 0 Å². The van der Waals surface area contributed by atoms with Crippen LogP contribution in [0.5, 0.6) is 0 Å². The van der Waals surface area contributed by atoms with Crippen LogP contribution in [0.3, 0.4) is 0 Å². The van der Waals surface area contributed by atoms with E-state index in [-0.39, 0.29) is 5.60 Å². The third-order valence-electron chi connectivity index (χ3n) is 4.27. The van der Waals surface area contributed by atoms with Crippen molar-refractivity contribution in [2.24, 2.45) is 5.92 Å². The van der Waals surface area contributed by atoms with E-state index in [1.165, 1.54) is 32.1 Å². The van der Waals surface area contributed by atoms with Crippen molar-refractivity contribution in [3.63, 3.8) is 0 Å². The van der Waals surface area contributed by atoms with Gasteiger partial charge in [-0.2, -0.15) is 0 Å². The first-order valence-electron chi connectivity index (χ1n) is 6.65. The Labute approximate surface area is 100 Å². The van der Waals surface area contributed by atoms with Crippen LogP contribution in [-0.2, 0) is 4.74 Å². The average Bonchev–Trinajstić information content (AvgIpc) is 2.28. The zero-order valence-corrected chi connectivity index (χ0v) is 11.4. The summed E-state index contributed by atoms with van der Waals surface area (Å²) in [4.78, 5) is 0. The molecule has 2 heteroatoms. The second-order valence-corrected chi connectivity index (χ2v) is 6.16. The molecule has 96 valence electrons. The molecule has 2 nitrogen and oxygen atoms in total. The maximum Gasteiger partial charge on any atom is 0.0648 e. The van der Waals surface area contributed by atoms with Gasteiger partial charge in [-0.15, -0.1) is 0 Å². The molecule has 1 unspecified atom stereocenters. The van der Waals surface area contributed by atoms with E-state index in [1.807, 2.05) is 6.92 Å². The number of methoxy groups -OCH3 is 1. The summed E-state index contributed by atoms with van der Waals surface area (Å²) in [6, 6.07) is 0. The van der Waals surface area contributed by atoms with Crippen LogP contribution in [0.1, 0.15) is 65.7 Å². The zero-order valence-electron chi connectivity index (χ0n) is 11.4. The molecule has 1 fully saturated rings. The van der Waals surface area contributed by atoms with Crippen molar-refractivity contribution < 1.29 is 9.84 Å². The zero-order chi connectivity index (χ0) is 12.2. The first-order valence-corrected chi connectivity index (χ1v) is 6.65. The van der Waals surface area contributed by atoms with Crippen LogP contribution in [-0.4, -0.2) is 23.4 Å². The van der Waals surface area contributed by atoms with Crippen molar-refractivity contribution in [3.05, 3.63) is 0 Å². The van der Waals surface area contributed by atoms with E-state index < -0.39 is 5.60 Å². The van der Waals surface area contributed by atoms with Crippen LogP contribution in [0.15, 0.2) is 0 Å². The molecule has 0 radical (unpaired) electrons. The molecule has 1 aliphatic carbocycles. The Morgan fingerprint density at radius 2 is 1.62 bits per heavy atom. The highest BCUT2D eigenvalue weighted by atomic mass is 16.5. The van der Waals surface area contributed by atoms with Gasteiger partial charge in [0.15, 0.2) is 0 Å². The van der Waals surface area contributed by atoms with Crippen LogP contribution < -0.4 is 0 Å². The highest BCUT2D eigenvalue weighted by molar-refractivity contribution is 4.86. The number of aliphatic hydroxyl groups is 1. The lowest BCUT2D eigenvalue weighted by atomic mass is 9.75. The number of ether oxygens (including phenoxy) is 1. The minimum Gasteiger partial charge on any atom is -0.390 e. The molecule has 0 heterocycles. The summed E-state index contributed by atoms with van der Waals surface area (Å²) < 4.78 is 5.41. The fourth-order valence-electron chi connectivity index (χ4n) is 2.58. The molecule has 1 atom stereocenters. The largest absolute Gasteiger partial charge is 0.390 e. The van der Waals surface area contributed by atoms with Crippen LogP contribution in [0.2, 0.25) is 0 Å². The predicted octanol–water partition coefficient (Wildman–Crippen LogP) is 3.52. The molecule has 1 saturated carbocycles. The summed E-state index contributed by atoms with van der Waals surface area (Å²) in [5, 5.41) is 10.5. The average molecular weight is 228 g/mol. The van der Waals surface area contributed by atoms with Gasteiger partial charge in [0.25, 0.3) is 0 Å². The predicted molar refractivity (Wildman–Crippen MR) is 67.5 cm³/mol. The molecule has 1 rings (SSSR count). The van der Waals surface area contributed by atoms with Crippen molar-refractivity contribution >= 4 is 0 Å². The molecule has 0 saturated heterocycles. The van der Waals surface area contributed by atoms with Gasteiger partial charge in [0, 0.05) is 7.11 Å². The number of hydrogen-bond donors (Lipinski definition) is 1. The smallest absolute Gasteiger partial charge is 0.0648 e. The van der Waals surface area contributed by atoms with Crippen molar-refractivity contribution in [2.75, 3.05) is 7.11 Å². The van der Waals surface area contributed by atoms with E-state index >= 15 is 0 Å². The van der Waals surface area contributed by atoms with Gasteiger partial charge >= 0.3 is 0 Å². The van der Waals surface area contributed by atoms with Gasteiger partial charge in [-0.1, -0.05) is 19.3 Å². The Balaban J connectivity index is 2.43. The lowest BCUT2D eigenvalue weighted by molar-refractivity contribution is -0.0538. The quantitative estimate of drug-likeness (QED) is 0.780. The third kappa shape index (κ3) is 4.06. The van der Waals surface area contributed by atoms with Gasteiger partial charge in [-0.25, -0.2) is 0 Å². The SMILES string of the molecule is COC(C)(C)CCC(C)(O)C1CCCCC1. The number of rotatable bonds is 5. The molecule has 0 amide bonds. The molecule has 1 aliphatic rings. The molecule has 1 N–H and O–H groups in total. The monoisotopic (exact) mass is 228 g/mol. The third-order valence-corrected chi connectivity index (χ3v) is 4.27.